The molecule has 0 amide bonds. The lowest BCUT2D eigenvalue weighted by atomic mass is 10.1. The number of anilines is 1. The van der Waals surface area contributed by atoms with Crippen LogP contribution in [0.15, 0.2) is 35.1 Å². The van der Waals surface area contributed by atoms with Crippen LogP contribution in [0, 0.1) is 6.92 Å². The van der Waals surface area contributed by atoms with Crippen molar-refractivity contribution in [3.63, 3.8) is 0 Å². The van der Waals surface area contributed by atoms with Gasteiger partial charge in [-0.15, -0.1) is 0 Å². The highest BCUT2D eigenvalue weighted by molar-refractivity contribution is 5.39. The van der Waals surface area contributed by atoms with E-state index < -0.39 is 0 Å². The summed E-state index contributed by atoms with van der Waals surface area (Å²) in [5.41, 5.74) is 8.04. The van der Waals surface area contributed by atoms with Gasteiger partial charge in [-0.25, -0.2) is 4.98 Å². The van der Waals surface area contributed by atoms with Crippen LogP contribution in [0.5, 0.6) is 6.01 Å². The molecule has 2 N–H and O–H groups in total. The third-order valence-electron chi connectivity index (χ3n) is 2.89. The lowest BCUT2D eigenvalue weighted by molar-refractivity contribution is 0.344. The van der Waals surface area contributed by atoms with E-state index in [1.54, 1.807) is 6.92 Å². The minimum Gasteiger partial charge on any atom is -0.468 e. The second kappa shape index (κ2) is 5.56. The number of nitrogen functional groups attached to an aromatic ring is 1. The van der Waals surface area contributed by atoms with E-state index in [0.717, 1.165) is 17.7 Å². The fourth-order valence-electron chi connectivity index (χ4n) is 1.88. The second-order valence-corrected chi connectivity index (χ2v) is 4.37. The summed E-state index contributed by atoms with van der Waals surface area (Å²) in [4.78, 5) is 16.1. The van der Waals surface area contributed by atoms with E-state index >= 15 is 0 Å². The van der Waals surface area contributed by atoms with E-state index in [0.29, 0.717) is 18.2 Å². The number of nitrogens with two attached hydrogens (primary N) is 1. The highest BCUT2D eigenvalue weighted by Crippen LogP contribution is 2.09. The predicted molar refractivity (Wildman–Crippen MR) is 74.3 cm³/mol. The number of aromatic nitrogens is 2. The van der Waals surface area contributed by atoms with Gasteiger partial charge in [0.05, 0.1) is 7.11 Å². The van der Waals surface area contributed by atoms with E-state index in [2.05, 4.69) is 4.98 Å². The standard InChI is InChI=1S/C14H17N3O2/c1-10-9-13(18)17(14(16-10)19-2)8-7-11-3-5-12(15)6-4-11/h3-6,9H,7-8,15H2,1-2H3. The fraction of sp³-hybridized carbons (Fsp3) is 0.286. The van der Waals surface area contributed by atoms with E-state index in [-0.39, 0.29) is 5.56 Å². The fourth-order valence-corrected chi connectivity index (χ4v) is 1.88. The van der Waals surface area contributed by atoms with Gasteiger partial charge in [-0.05, 0) is 31.0 Å². The molecule has 100 valence electrons. The molecule has 0 radical (unpaired) electrons. The Morgan fingerprint density at radius 1 is 1.32 bits per heavy atom. The van der Waals surface area contributed by atoms with E-state index in [1.807, 2.05) is 24.3 Å². The van der Waals surface area contributed by atoms with Crippen molar-refractivity contribution < 1.29 is 4.74 Å². The quantitative estimate of drug-likeness (QED) is 0.842. The molecule has 0 fully saturated rings. The first kappa shape index (κ1) is 13.1. The number of hydrogen-bond acceptors (Lipinski definition) is 4. The van der Waals surface area contributed by atoms with Crippen LogP contribution in [-0.2, 0) is 13.0 Å². The first-order chi connectivity index (χ1) is 9.10. The minimum absolute atomic E-state index is 0.0974. The summed E-state index contributed by atoms with van der Waals surface area (Å²) in [7, 11) is 1.51. The molecule has 0 saturated carbocycles. The minimum atomic E-state index is -0.0974. The van der Waals surface area contributed by atoms with Crippen LogP contribution in [0.25, 0.3) is 0 Å². The second-order valence-electron chi connectivity index (χ2n) is 4.37. The zero-order valence-corrected chi connectivity index (χ0v) is 11.1. The maximum absolute atomic E-state index is 11.9. The third-order valence-corrected chi connectivity index (χ3v) is 2.89. The van der Waals surface area contributed by atoms with Crippen molar-refractivity contribution in [3.8, 4) is 6.01 Å². The van der Waals surface area contributed by atoms with Crippen LogP contribution in [0.3, 0.4) is 0 Å². The Morgan fingerprint density at radius 3 is 2.63 bits per heavy atom. The summed E-state index contributed by atoms with van der Waals surface area (Å²) in [6, 6.07) is 9.46. The molecule has 2 rings (SSSR count). The van der Waals surface area contributed by atoms with Crippen molar-refractivity contribution in [2.75, 3.05) is 12.8 Å². The highest BCUT2D eigenvalue weighted by atomic mass is 16.5. The molecule has 1 heterocycles. The van der Waals surface area contributed by atoms with Crippen molar-refractivity contribution in [2.24, 2.45) is 0 Å². The number of nitrogens with zero attached hydrogens (tertiary/aromatic N) is 2. The Labute approximate surface area is 111 Å². The van der Waals surface area contributed by atoms with Crippen LogP contribution >= 0.6 is 0 Å². The van der Waals surface area contributed by atoms with Gasteiger partial charge < -0.3 is 10.5 Å². The number of methoxy groups -OCH3 is 1. The molecule has 1 aromatic heterocycles. The summed E-state index contributed by atoms with van der Waals surface area (Å²) in [5.74, 6) is 0. The van der Waals surface area contributed by atoms with Gasteiger partial charge in [0, 0.05) is 24.0 Å². The Bertz CT molecular complexity index is 618. The van der Waals surface area contributed by atoms with Crippen molar-refractivity contribution in [2.45, 2.75) is 19.9 Å². The van der Waals surface area contributed by atoms with Gasteiger partial charge in [0.15, 0.2) is 0 Å². The van der Waals surface area contributed by atoms with Gasteiger partial charge in [0.25, 0.3) is 11.6 Å². The Morgan fingerprint density at radius 2 is 2.00 bits per heavy atom. The number of hydrogen-bond donors (Lipinski definition) is 1. The van der Waals surface area contributed by atoms with Gasteiger partial charge in [0.1, 0.15) is 0 Å². The van der Waals surface area contributed by atoms with Crippen LogP contribution in [0.1, 0.15) is 11.3 Å². The zero-order chi connectivity index (χ0) is 13.8. The SMILES string of the molecule is COc1nc(C)cc(=O)n1CCc1ccc(N)cc1. The van der Waals surface area contributed by atoms with Gasteiger partial charge in [-0.2, -0.15) is 0 Å². The zero-order valence-electron chi connectivity index (χ0n) is 11.1. The summed E-state index contributed by atoms with van der Waals surface area (Å²) >= 11 is 0. The first-order valence-electron chi connectivity index (χ1n) is 6.07. The van der Waals surface area contributed by atoms with E-state index in [1.165, 1.54) is 17.7 Å². The maximum atomic E-state index is 11.9. The van der Waals surface area contributed by atoms with Crippen LogP contribution in [0.2, 0.25) is 0 Å². The third kappa shape index (κ3) is 3.13. The maximum Gasteiger partial charge on any atom is 0.299 e. The smallest absolute Gasteiger partial charge is 0.299 e. The van der Waals surface area contributed by atoms with Crippen molar-refractivity contribution in [1.29, 1.82) is 0 Å². The summed E-state index contributed by atoms with van der Waals surface area (Å²) in [6.45, 7) is 2.30. The Hall–Kier alpha value is -2.30. The highest BCUT2D eigenvalue weighted by Gasteiger charge is 2.07. The topological polar surface area (TPSA) is 70.1 Å². The lowest BCUT2D eigenvalue weighted by Crippen LogP contribution is -2.23. The summed E-state index contributed by atoms with van der Waals surface area (Å²) in [6.07, 6.45) is 0.723. The molecule has 2 aromatic rings. The molecule has 5 nitrogen and oxygen atoms in total. The molecule has 1 aromatic carbocycles. The largest absolute Gasteiger partial charge is 0.468 e. The number of benzene rings is 1. The van der Waals surface area contributed by atoms with Gasteiger partial charge in [-0.1, -0.05) is 12.1 Å². The molecule has 0 bridgehead atoms. The Kier molecular flexibility index (Phi) is 3.85. The average molecular weight is 259 g/mol. The molecular weight excluding hydrogens is 242 g/mol. The molecular formula is C14H17N3O2. The van der Waals surface area contributed by atoms with Crippen LogP contribution in [-0.4, -0.2) is 16.7 Å². The van der Waals surface area contributed by atoms with E-state index in [4.69, 9.17) is 10.5 Å². The molecule has 0 saturated heterocycles. The van der Waals surface area contributed by atoms with Crippen LogP contribution in [0.4, 0.5) is 5.69 Å². The summed E-state index contributed by atoms with van der Waals surface area (Å²) in [5, 5.41) is 0. The Balaban J connectivity index is 2.19. The molecule has 0 unspecified atom stereocenters. The van der Waals surface area contributed by atoms with Gasteiger partial charge in [0.2, 0.25) is 0 Å². The van der Waals surface area contributed by atoms with Crippen molar-refractivity contribution in [1.82, 2.24) is 9.55 Å². The molecule has 0 atom stereocenters. The van der Waals surface area contributed by atoms with Gasteiger partial charge in [-0.3, -0.25) is 9.36 Å². The number of ether oxygens (including phenoxy) is 1. The molecule has 0 spiro atoms. The average Bonchev–Trinajstić information content (AvgIpc) is 2.39. The molecule has 5 heteroatoms. The monoisotopic (exact) mass is 259 g/mol. The van der Waals surface area contributed by atoms with Crippen LogP contribution < -0.4 is 16.0 Å². The predicted octanol–water partition coefficient (Wildman–Crippen LogP) is 1.39. The number of rotatable bonds is 4. The van der Waals surface area contributed by atoms with Gasteiger partial charge >= 0.3 is 0 Å². The molecule has 0 aliphatic heterocycles. The number of aryl methyl sites for hydroxylation is 2. The lowest BCUT2D eigenvalue weighted by Gasteiger charge is -2.11. The molecule has 0 aliphatic rings. The first-order valence-corrected chi connectivity index (χ1v) is 6.07. The van der Waals surface area contributed by atoms with Crippen molar-refractivity contribution in [3.05, 3.63) is 51.9 Å². The normalized spacial score (nSPS) is 10.4. The molecule has 19 heavy (non-hydrogen) atoms. The summed E-state index contributed by atoms with van der Waals surface area (Å²) < 4.78 is 6.68. The molecule has 0 aliphatic carbocycles. The van der Waals surface area contributed by atoms with Crippen molar-refractivity contribution >= 4 is 5.69 Å². The van der Waals surface area contributed by atoms with E-state index in [9.17, 15) is 4.79 Å².